The van der Waals surface area contributed by atoms with E-state index in [-0.39, 0.29) is 4.90 Å². The second kappa shape index (κ2) is 4.75. The van der Waals surface area contributed by atoms with Crippen LogP contribution < -0.4 is 0 Å². The van der Waals surface area contributed by atoms with Crippen molar-refractivity contribution in [2.75, 3.05) is 20.2 Å². The van der Waals surface area contributed by atoms with Crippen LogP contribution in [0.1, 0.15) is 22.5 Å². The summed E-state index contributed by atoms with van der Waals surface area (Å²) in [6.07, 6.45) is 1.79. The highest BCUT2D eigenvalue weighted by Gasteiger charge is 2.28. The third-order valence-corrected chi connectivity index (χ3v) is 5.60. The van der Waals surface area contributed by atoms with E-state index >= 15 is 0 Å². The number of carbonyl (C=O) groups is 1. The maximum absolute atomic E-state index is 12.1. The van der Waals surface area contributed by atoms with Gasteiger partial charge in [-0.3, -0.25) is 0 Å². The van der Waals surface area contributed by atoms with Gasteiger partial charge in [-0.2, -0.15) is 4.31 Å². The molecular weight excluding hydrogens is 262 g/mol. The minimum atomic E-state index is -3.42. The van der Waals surface area contributed by atoms with Crippen molar-refractivity contribution in [2.45, 2.75) is 17.7 Å². The third kappa shape index (κ3) is 2.36. The first kappa shape index (κ1) is 12.5. The number of methoxy groups -OCH3 is 1. The number of sulfonamides is 1. The highest BCUT2D eigenvalue weighted by molar-refractivity contribution is 7.89. The molecule has 0 radical (unpaired) electrons. The highest BCUT2D eigenvalue weighted by atomic mass is 32.2. The molecule has 0 amide bonds. The van der Waals surface area contributed by atoms with Crippen molar-refractivity contribution in [3.63, 3.8) is 0 Å². The number of ether oxygens (including phenoxy) is 1. The average molecular weight is 275 g/mol. The molecule has 1 aliphatic heterocycles. The lowest BCUT2D eigenvalue weighted by atomic mass is 10.4. The van der Waals surface area contributed by atoms with Gasteiger partial charge in [0.15, 0.2) is 0 Å². The van der Waals surface area contributed by atoms with Crippen molar-refractivity contribution >= 4 is 27.3 Å². The van der Waals surface area contributed by atoms with E-state index in [1.54, 1.807) is 0 Å². The van der Waals surface area contributed by atoms with E-state index in [0.29, 0.717) is 18.0 Å². The van der Waals surface area contributed by atoms with Crippen LogP contribution in [0.5, 0.6) is 0 Å². The monoisotopic (exact) mass is 275 g/mol. The number of thiophene rings is 1. The minimum absolute atomic E-state index is 0.185. The van der Waals surface area contributed by atoms with Gasteiger partial charge in [0, 0.05) is 18.5 Å². The second-order valence-corrected chi connectivity index (χ2v) is 6.60. The van der Waals surface area contributed by atoms with Crippen LogP contribution in [0.2, 0.25) is 0 Å². The lowest BCUT2D eigenvalue weighted by molar-refractivity contribution is 0.0606. The number of carbonyl (C=O) groups excluding carboxylic acids is 1. The first-order valence-corrected chi connectivity index (χ1v) is 7.54. The first-order valence-electron chi connectivity index (χ1n) is 5.22. The summed E-state index contributed by atoms with van der Waals surface area (Å²) in [5.74, 6) is -0.502. The summed E-state index contributed by atoms with van der Waals surface area (Å²) in [7, 11) is -2.15. The van der Waals surface area contributed by atoms with E-state index in [9.17, 15) is 13.2 Å². The van der Waals surface area contributed by atoms with Gasteiger partial charge in [0.2, 0.25) is 10.0 Å². The standard InChI is InChI=1S/C10H13NO4S2/c1-15-10(12)9-6-8(7-16-9)17(13,14)11-4-2-3-5-11/h6-7H,2-5H2,1H3. The number of hydrogen-bond donors (Lipinski definition) is 0. The van der Waals surface area contributed by atoms with E-state index in [4.69, 9.17) is 0 Å². The molecule has 0 saturated carbocycles. The summed E-state index contributed by atoms with van der Waals surface area (Å²) in [4.78, 5) is 11.8. The smallest absolute Gasteiger partial charge is 0.348 e. The Morgan fingerprint density at radius 2 is 2.06 bits per heavy atom. The first-order chi connectivity index (χ1) is 8.05. The van der Waals surface area contributed by atoms with Gasteiger partial charge < -0.3 is 4.74 Å². The largest absolute Gasteiger partial charge is 0.465 e. The van der Waals surface area contributed by atoms with Crippen molar-refractivity contribution in [2.24, 2.45) is 0 Å². The Balaban J connectivity index is 2.27. The number of rotatable bonds is 3. The fourth-order valence-corrected chi connectivity index (χ4v) is 4.43. The van der Waals surface area contributed by atoms with Crippen LogP contribution in [0.4, 0.5) is 0 Å². The lowest BCUT2D eigenvalue weighted by Crippen LogP contribution is -2.27. The molecule has 0 bridgehead atoms. The SMILES string of the molecule is COC(=O)c1cc(S(=O)(=O)N2CCCC2)cs1. The predicted octanol–water partition coefficient (Wildman–Crippen LogP) is 1.32. The summed E-state index contributed by atoms with van der Waals surface area (Å²) in [6.45, 7) is 1.12. The molecule has 0 aromatic carbocycles. The summed E-state index contributed by atoms with van der Waals surface area (Å²) < 4.78 is 30.3. The topological polar surface area (TPSA) is 63.7 Å². The van der Waals surface area contributed by atoms with Gasteiger partial charge in [-0.25, -0.2) is 13.2 Å². The number of esters is 1. The quantitative estimate of drug-likeness (QED) is 0.780. The van der Waals surface area contributed by atoms with Crippen molar-refractivity contribution in [1.82, 2.24) is 4.31 Å². The van der Waals surface area contributed by atoms with Crippen molar-refractivity contribution in [3.05, 3.63) is 16.3 Å². The maximum atomic E-state index is 12.1. The lowest BCUT2D eigenvalue weighted by Gasteiger charge is -2.13. The molecule has 1 fully saturated rings. The Kier molecular flexibility index (Phi) is 3.50. The number of nitrogens with zero attached hydrogens (tertiary/aromatic N) is 1. The zero-order chi connectivity index (χ0) is 12.5. The molecular formula is C10H13NO4S2. The molecule has 2 rings (SSSR count). The summed E-state index contributed by atoms with van der Waals surface area (Å²) in [5.41, 5.74) is 0. The normalized spacial score (nSPS) is 17.2. The van der Waals surface area contributed by atoms with Crippen LogP contribution in [0.3, 0.4) is 0 Å². The van der Waals surface area contributed by atoms with Crippen LogP contribution in [0, 0.1) is 0 Å². The Morgan fingerprint density at radius 1 is 1.41 bits per heavy atom. The van der Waals surface area contributed by atoms with E-state index in [2.05, 4.69) is 4.74 Å². The second-order valence-electron chi connectivity index (χ2n) is 3.75. The van der Waals surface area contributed by atoms with Gasteiger partial charge in [-0.1, -0.05) is 0 Å². The molecule has 5 nitrogen and oxygen atoms in total. The Labute approximate surface area is 104 Å². The molecule has 2 heterocycles. The predicted molar refractivity (Wildman–Crippen MR) is 63.7 cm³/mol. The van der Waals surface area contributed by atoms with Gasteiger partial charge in [-0.15, -0.1) is 11.3 Å². The summed E-state index contributed by atoms with van der Waals surface area (Å²) >= 11 is 1.09. The van der Waals surface area contributed by atoms with Gasteiger partial charge in [0.05, 0.1) is 12.0 Å². The minimum Gasteiger partial charge on any atom is -0.465 e. The van der Waals surface area contributed by atoms with Crippen LogP contribution >= 0.6 is 11.3 Å². The van der Waals surface area contributed by atoms with Crippen LogP contribution in [0.15, 0.2) is 16.3 Å². The van der Waals surface area contributed by atoms with E-state index in [1.165, 1.54) is 22.9 Å². The maximum Gasteiger partial charge on any atom is 0.348 e. The van der Waals surface area contributed by atoms with Crippen LogP contribution in [-0.4, -0.2) is 38.9 Å². The van der Waals surface area contributed by atoms with Gasteiger partial charge in [0.25, 0.3) is 0 Å². The van der Waals surface area contributed by atoms with Crippen molar-refractivity contribution in [3.8, 4) is 0 Å². The molecule has 7 heteroatoms. The molecule has 0 aliphatic carbocycles. The number of hydrogen-bond acceptors (Lipinski definition) is 5. The molecule has 0 atom stereocenters. The van der Waals surface area contributed by atoms with Gasteiger partial charge in [-0.05, 0) is 18.9 Å². The molecule has 94 valence electrons. The van der Waals surface area contributed by atoms with Crippen molar-refractivity contribution < 1.29 is 17.9 Å². The van der Waals surface area contributed by atoms with Crippen LogP contribution in [0.25, 0.3) is 0 Å². The van der Waals surface area contributed by atoms with Crippen LogP contribution in [-0.2, 0) is 14.8 Å². The van der Waals surface area contributed by atoms with Gasteiger partial charge >= 0.3 is 5.97 Å². The molecule has 1 saturated heterocycles. The molecule has 0 unspecified atom stereocenters. The fourth-order valence-electron chi connectivity index (χ4n) is 1.74. The summed E-state index contributed by atoms with van der Waals surface area (Å²) in [5, 5.41) is 1.49. The Morgan fingerprint density at radius 3 is 2.65 bits per heavy atom. The Bertz CT molecular complexity index is 514. The van der Waals surface area contributed by atoms with Gasteiger partial charge in [0.1, 0.15) is 4.88 Å². The molecule has 1 aromatic rings. The summed E-state index contributed by atoms with van der Waals surface area (Å²) in [6, 6.07) is 1.38. The van der Waals surface area contributed by atoms with Crippen molar-refractivity contribution in [1.29, 1.82) is 0 Å². The molecule has 1 aliphatic rings. The average Bonchev–Trinajstić information content (AvgIpc) is 2.98. The Hall–Kier alpha value is -0.920. The van der Waals surface area contributed by atoms with E-state index in [0.717, 1.165) is 24.2 Å². The molecule has 0 N–H and O–H groups in total. The van der Waals surface area contributed by atoms with E-state index < -0.39 is 16.0 Å². The highest BCUT2D eigenvalue weighted by Crippen LogP contribution is 2.25. The fraction of sp³-hybridized carbons (Fsp3) is 0.500. The zero-order valence-corrected chi connectivity index (χ0v) is 11.0. The molecule has 17 heavy (non-hydrogen) atoms. The van der Waals surface area contributed by atoms with E-state index in [1.807, 2.05) is 0 Å². The zero-order valence-electron chi connectivity index (χ0n) is 9.38. The molecule has 0 spiro atoms. The molecule has 1 aromatic heterocycles. The third-order valence-electron chi connectivity index (χ3n) is 2.66.